The van der Waals surface area contributed by atoms with E-state index < -0.39 is 0 Å². The maximum atomic E-state index is 5.83. The number of ether oxygens (including phenoxy) is 1. The lowest BCUT2D eigenvalue weighted by molar-refractivity contribution is 0.172. The van der Waals surface area contributed by atoms with Gasteiger partial charge in [0.2, 0.25) is 0 Å². The average Bonchev–Trinajstić information content (AvgIpc) is 2.68. The second-order valence-electron chi connectivity index (χ2n) is 6.91. The quantitative estimate of drug-likeness (QED) is 0.701. The first-order valence-corrected chi connectivity index (χ1v) is 9.31. The zero-order valence-corrected chi connectivity index (χ0v) is 17.6. The van der Waals surface area contributed by atoms with Crippen LogP contribution < -0.4 is 10.1 Å². The highest BCUT2D eigenvalue weighted by molar-refractivity contribution is 5.85. The van der Waals surface area contributed by atoms with Gasteiger partial charge in [-0.05, 0) is 75.6 Å². The summed E-state index contributed by atoms with van der Waals surface area (Å²) in [6, 6.07) is 12.5. The normalized spacial score (nSPS) is 14.9. The summed E-state index contributed by atoms with van der Waals surface area (Å²) in [6.45, 7) is 5.18. The van der Waals surface area contributed by atoms with E-state index in [0.29, 0.717) is 6.61 Å². The molecule has 0 unspecified atom stereocenters. The summed E-state index contributed by atoms with van der Waals surface area (Å²) in [6.07, 6.45) is 7.59. The maximum Gasteiger partial charge on any atom is 0.119 e. The summed E-state index contributed by atoms with van der Waals surface area (Å²) in [5.41, 5.74) is 2.45. The molecule has 0 aliphatic carbocycles. The van der Waals surface area contributed by atoms with Crippen molar-refractivity contribution in [3.05, 3.63) is 59.9 Å². The Kier molecular flexibility index (Phi) is 11.4. The fraction of sp³-hybridized carbons (Fsp3) is 0.476. The van der Waals surface area contributed by atoms with E-state index in [9.17, 15) is 0 Å². The van der Waals surface area contributed by atoms with Gasteiger partial charge in [0, 0.05) is 24.5 Å². The van der Waals surface area contributed by atoms with Crippen molar-refractivity contribution in [3.8, 4) is 5.75 Å². The number of likely N-dealkylation sites (tertiary alicyclic amines) is 1. The van der Waals surface area contributed by atoms with Crippen LogP contribution in [0, 0.1) is 5.92 Å². The minimum absolute atomic E-state index is 0. The molecule has 150 valence electrons. The van der Waals surface area contributed by atoms with Crippen molar-refractivity contribution in [2.24, 2.45) is 5.92 Å². The molecule has 1 aliphatic heterocycles. The van der Waals surface area contributed by atoms with Gasteiger partial charge in [0.1, 0.15) is 12.4 Å². The van der Waals surface area contributed by atoms with Gasteiger partial charge in [-0.2, -0.15) is 0 Å². The number of nitrogens with zero attached hydrogens (tertiary/aromatic N) is 2. The van der Waals surface area contributed by atoms with Gasteiger partial charge < -0.3 is 10.1 Å². The van der Waals surface area contributed by atoms with Crippen LogP contribution in [0.4, 0.5) is 0 Å². The van der Waals surface area contributed by atoms with Crippen molar-refractivity contribution < 1.29 is 4.74 Å². The number of benzene rings is 1. The van der Waals surface area contributed by atoms with Gasteiger partial charge in [-0.15, -0.1) is 24.8 Å². The van der Waals surface area contributed by atoms with Crippen LogP contribution in [-0.4, -0.2) is 36.6 Å². The lowest BCUT2D eigenvalue weighted by atomic mass is 9.93. The number of hydrogen-bond acceptors (Lipinski definition) is 4. The van der Waals surface area contributed by atoms with Gasteiger partial charge in [0.05, 0.1) is 0 Å². The number of hydrogen-bond donors (Lipinski definition) is 1. The van der Waals surface area contributed by atoms with E-state index in [1.807, 2.05) is 25.4 Å². The topological polar surface area (TPSA) is 37.4 Å². The summed E-state index contributed by atoms with van der Waals surface area (Å²) in [4.78, 5) is 6.68. The van der Waals surface area contributed by atoms with Crippen LogP contribution in [0.15, 0.2) is 48.8 Å². The monoisotopic (exact) mass is 411 g/mol. The number of piperidine rings is 1. The first-order chi connectivity index (χ1) is 12.3. The van der Waals surface area contributed by atoms with Gasteiger partial charge in [-0.25, -0.2) is 0 Å². The Bertz CT molecular complexity index is 617. The summed E-state index contributed by atoms with van der Waals surface area (Å²) < 4.78 is 5.83. The number of nitrogens with one attached hydrogen (secondary N) is 1. The van der Waals surface area contributed by atoms with Crippen LogP contribution in [0.2, 0.25) is 0 Å². The standard InChI is InChI=1S/C21H29N3O.2ClH/c1-22-12-8-18-9-13-24(14-10-18)16-19-4-6-21(7-5-19)25-17-20-3-2-11-23-15-20;;/h2-7,11,15,18,22H,8-10,12-14,16-17H2,1H3;2*1H. The highest BCUT2D eigenvalue weighted by Gasteiger charge is 2.18. The largest absolute Gasteiger partial charge is 0.489 e. The molecule has 1 fully saturated rings. The first-order valence-electron chi connectivity index (χ1n) is 9.31. The lowest BCUT2D eigenvalue weighted by Crippen LogP contribution is -2.34. The Morgan fingerprint density at radius 1 is 1.07 bits per heavy atom. The number of aromatic nitrogens is 1. The molecule has 1 saturated heterocycles. The van der Waals surface area contributed by atoms with Crippen molar-refractivity contribution >= 4 is 24.8 Å². The van der Waals surface area contributed by atoms with Crippen molar-refractivity contribution in [1.82, 2.24) is 15.2 Å². The number of rotatable bonds is 8. The molecule has 0 spiro atoms. The van der Waals surface area contributed by atoms with E-state index in [1.54, 1.807) is 6.20 Å². The Hall–Kier alpha value is -1.33. The molecule has 1 aliphatic rings. The summed E-state index contributed by atoms with van der Waals surface area (Å²) in [5, 5.41) is 3.26. The van der Waals surface area contributed by atoms with E-state index in [2.05, 4.69) is 39.5 Å². The molecular weight excluding hydrogens is 381 g/mol. The van der Waals surface area contributed by atoms with Crippen LogP contribution in [0.25, 0.3) is 0 Å². The van der Waals surface area contributed by atoms with E-state index >= 15 is 0 Å². The molecule has 1 aromatic heterocycles. The van der Waals surface area contributed by atoms with Crippen molar-refractivity contribution in [3.63, 3.8) is 0 Å². The molecule has 6 heteroatoms. The van der Waals surface area contributed by atoms with Gasteiger partial charge in [0.15, 0.2) is 0 Å². The SMILES string of the molecule is CNCCC1CCN(Cc2ccc(OCc3cccnc3)cc2)CC1.Cl.Cl. The summed E-state index contributed by atoms with van der Waals surface area (Å²) in [5.74, 6) is 1.81. The molecule has 3 rings (SSSR count). The molecule has 4 nitrogen and oxygen atoms in total. The van der Waals surface area contributed by atoms with Gasteiger partial charge in [-0.1, -0.05) is 18.2 Å². The third kappa shape index (κ3) is 8.06. The molecule has 27 heavy (non-hydrogen) atoms. The molecular formula is C21H31Cl2N3O. The predicted octanol–water partition coefficient (Wildman–Crippen LogP) is 4.33. The molecule has 2 heterocycles. The zero-order valence-electron chi connectivity index (χ0n) is 16.0. The molecule has 0 radical (unpaired) electrons. The molecule has 0 saturated carbocycles. The minimum Gasteiger partial charge on any atom is -0.489 e. The Morgan fingerprint density at radius 2 is 1.81 bits per heavy atom. The third-order valence-corrected chi connectivity index (χ3v) is 4.97. The van der Waals surface area contributed by atoms with E-state index in [4.69, 9.17) is 4.74 Å². The fourth-order valence-corrected chi connectivity index (χ4v) is 3.38. The number of halogens is 2. The van der Waals surface area contributed by atoms with Crippen LogP contribution in [0.5, 0.6) is 5.75 Å². The third-order valence-electron chi connectivity index (χ3n) is 4.97. The van der Waals surface area contributed by atoms with Gasteiger partial charge >= 0.3 is 0 Å². The van der Waals surface area contributed by atoms with E-state index in [1.165, 1.54) is 37.9 Å². The second kappa shape index (κ2) is 12.9. The Balaban J connectivity index is 0.00000182. The molecule has 1 N–H and O–H groups in total. The van der Waals surface area contributed by atoms with Crippen LogP contribution in [-0.2, 0) is 13.2 Å². The smallest absolute Gasteiger partial charge is 0.119 e. The van der Waals surface area contributed by atoms with Crippen LogP contribution in [0.3, 0.4) is 0 Å². The average molecular weight is 412 g/mol. The van der Waals surface area contributed by atoms with Crippen molar-refractivity contribution in [2.45, 2.75) is 32.4 Å². The fourth-order valence-electron chi connectivity index (χ4n) is 3.38. The molecule has 2 aromatic rings. The van der Waals surface area contributed by atoms with Gasteiger partial charge in [-0.3, -0.25) is 9.88 Å². The summed E-state index contributed by atoms with van der Waals surface area (Å²) >= 11 is 0. The van der Waals surface area contributed by atoms with Gasteiger partial charge in [0.25, 0.3) is 0 Å². The lowest BCUT2D eigenvalue weighted by Gasteiger charge is -2.32. The van der Waals surface area contributed by atoms with Crippen LogP contribution >= 0.6 is 24.8 Å². The highest BCUT2D eigenvalue weighted by Crippen LogP contribution is 2.22. The maximum absolute atomic E-state index is 5.83. The Morgan fingerprint density at radius 3 is 2.44 bits per heavy atom. The van der Waals surface area contributed by atoms with E-state index in [0.717, 1.165) is 30.3 Å². The molecule has 0 amide bonds. The zero-order chi connectivity index (χ0) is 17.3. The van der Waals surface area contributed by atoms with Crippen LogP contribution in [0.1, 0.15) is 30.4 Å². The predicted molar refractivity (Wildman–Crippen MR) is 116 cm³/mol. The molecule has 0 atom stereocenters. The van der Waals surface area contributed by atoms with Crippen molar-refractivity contribution in [1.29, 1.82) is 0 Å². The Labute approximate surface area is 175 Å². The molecule has 1 aromatic carbocycles. The first kappa shape index (κ1) is 23.7. The van der Waals surface area contributed by atoms with Crippen molar-refractivity contribution in [2.75, 3.05) is 26.7 Å². The minimum atomic E-state index is 0. The highest BCUT2D eigenvalue weighted by atomic mass is 35.5. The molecule has 0 bridgehead atoms. The second-order valence-corrected chi connectivity index (χ2v) is 6.91. The number of pyridine rings is 1. The van der Waals surface area contributed by atoms with E-state index in [-0.39, 0.29) is 24.8 Å². The summed E-state index contributed by atoms with van der Waals surface area (Å²) in [7, 11) is 2.04.